The molecule has 0 aromatic carbocycles. The van der Waals surface area contributed by atoms with Crippen molar-refractivity contribution < 1.29 is 39.0 Å². The van der Waals surface area contributed by atoms with Crippen molar-refractivity contribution >= 4 is 35.6 Å². The number of aliphatic carboxylic acids is 2. The Morgan fingerprint density at radius 2 is 1.48 bits per heavy atom. The van der Waals surface area contributed by atoms with E-state index in [9.17, 15) is 28.8 Å². The molecule has 152 valence electrons. The molecule has 0 saturated heterocycles. The van der Waals surface area contributed by atoms with Gasteiger partial charge in [-0.25, -0.2) is 4.79 Å². The van der Waals surface area contributed by atoms with Crippen molar-refractivity contribution in [3.8, 4) is 0 Å². The minimum Gasteiger partial charge on any atom is -0.481 e. The summed E-state index contributed by atoms with van der Waals surface area (Å²) in [6.07, 6.45) is -1.46. The molecule has 27 heavy (non-hydrogen) atoms. The molecule has 0 rings (SSSR count). The van der Waals surface area contributed by atoms with Gasteiger partial charge in [-0.2, -0.15) is 0 Å². The van der Waals surface area contributed by atoms with E-state index in [0.29, 0.717) is 0 Å². The minimum absolute atomic E-state index is 0.260. The van der Waals surface area contributed by atoms with E-state index in [1.165, 1.54) is 6.92 Å². The highest BCUT2D eigenvalue weighted by Crippen LogP contribution is 2.02. The van der Waals surface area contributed by atoms with Gasteiger partial charge in [0.15, 0.2) is 0 Å². The number of carboxylic acid groups (broad SMARTS) is 2. The molecular formula is C14H23N5O8. The number of amides is 4. The van der Waals surface area contributed by atoms with Gasteiger partial charge in [0, 0.05) is 6.42 Å². The van der Waals surface area contributed by atoms with Crippen molar-refractivity contribution in [3.63, 3.8) is 0 Å². The molecule has 0 aromatic rings. The minimum atomic E-state index is -1.74. The Morgan fingerprint density at radius 3 is 1.93 bits per heavy atom. The third-order valence-corrected chi connectivity index (χ3v) is 3.26. The number of nitrogens with two attached hydrogens (primary N) is 2. The molecule has 0 aliphatic carbocycles. The summed E-state index contributed by atoms with van der Waals surface area (Å²) in [5.41, 5.74) is 10.1. The standard InChI is InChI=1S/C14H23N5O8/c1-6(17-10(21)5-15)12(24)18-7(2-3-9(16)20)13(25)19-8(14(26)27)4-11(22)23/h6-8H,2-5,15H2,1H3,(H2,16,20)(H,17,21)(H,18,24)(H,19,25)(H,22,23)(H,26,27). The van der Waals surface area contributed by atoms with Crippen LogP contribution in [0.5, 0.6) is 0 Å². The van der Waals surface area contributed by atoms with Crippen LogP contribution < -0.4 is 27.4 Å². The van der Waals surface area contributed by atoms with Gasteiger partial charge in [-0.05, 0) is 13.3 Å². The Bertz CT molecular complexity index is 608. The largest absolute Gasteiger partial charge is 0.481 e. The Kier molecular flexibility index (Phi) is 10.0. The second-order valence-corrected chi connectivity index (χ2v) is 5.56. The molecule has 3 unspecified atom stereocenters. The second kappa shape index (κ2) is 11.4. The fourth-order valence-electron chi connectivity index (χ4n) is 1.87. The van der Waals surface area contributed by atoms with Crippen LogP contribution in [0.1, 0.15) is 26.2 Å². The molecule has 9 N–H and O–H groups in total. The molecule has 3 atom stereocenters. The maximum atomic E-state index is 12.2. The zero-order chi connectivity index (χ0) is 21.1. The van der Waals surface area contributed by atoms with Gasteiger partial charge in [0.2, 0.25) is 23.6 Å². The van der Waals surface area contributed by atoms with Gasteiger partial charge < -0.3 is 37.6 Å². The number of hydrogen-bond donors (Lipinski definition) is 7. The number of carbonyl (C=O) groups is 6. The predicted octanol–water partition coefficient (Wildman–Crippen LogP) is -3.76. The van der Waals surface area contributed by atoms with Crippen LogP contribution in [0.15, 0.2) is 0 Å². The molecule has 0 spiro atoms. The van der Waals surface area contributed by atoms with E-state index >= 15 is 0 Å². The highest BCUT2D eigenvalue weighted by atomic mass is 16.4. The molecule has 0 aliphatic rings. The summed E-state index contributed by atoms with van der Waals surface area (Å²) < 4.78 is 0. The van der Waals surface area contributed by atoms with Crippen LogP contribution >= 0.6 is 0 Å². The summed E-state index contributed by atoms with van der Waals surface area (Å²) in [6.45, 7) is 0.953. The summed E-state index contributed by atoms with van der Waals surface area (Å²) in [5.74, 6) is -6.26. The second-order valence-electron chi connectivity index (χ2n) is 5.56. The highest BCUT2D eigenvalue weighted by molar-refractivity contribution is 5.94. The van der Waals surface area contributed by atoms with Crippen LogP contribution in [0, 0.1) is 0 Å². The summed E-state index contributed by atoms with van der Waals surface area (Å²) >= 11 is 0. The third-order valence-electron chi connectivity index (χ3n) is 3.26. The SMILES string of the molecule is CC(NC(=O)CN)C(=O)NC(CCC(N)=O)C(=O)NC(CC(=O)O)C(=O)O. The van der Waals surface area contributed by atoms with Gasteiger partial charge in [-0.15, -0.1) is 0 Å². The van der Waals surface area contributed by atoms with Crippen molar-refractivity contribution in [2.75, 3.05) is 6.54 Å². The van der Waals surface area contributed by atoms with Gasteiger partial charge >= 0.3 is 11.9 Å². The molecule has 0 saturated carbocycles. The Balaban J connectivity index is 5.15. The number of rotatable bonds is 12. The normalized spacial score (nSPS) is 13.6. The van der Waals surface area contributed by atoms with E-state index in [2.05, 4.69) is 10.6 Å². The number of primary amides is 1. The van der Waals surface area contributed by atoms with Crippen LogP contribution in [0.2, 0.25) is 0 Å². The first kappa shape index (κ1) is 23.8. The number of nitrogens with one attached hydrogen (secondary N) is 3. The average molecular weight is 389 g/mol. The maximum Gasteiger partial charge on any atom is 0.326 e. The molecule has 0 radical (unpaired) electrons. The van der Waals surface area contributed by atoms with Crippen molar-refractivity contribution in [1.82, 2.24) is 16.0 Å². The number of carboxylic acids is 2. The quantitative estimate of drug-likeness (QED) is 0.173. The topological polar surface area (TPSA) is 231 Å². The smallest absolute Gasteiger partial charge is 0.326 e. The zero-order valence-corrected chi connectivity index (χ0v) is 14.6. The van der Waals surface area contributed by atoms with Gasteiger partial charge in [-0.3, -0.25) is 24.0 Å². The monoisotopic (exact) mass is 389 g/mol. The zero-order valence-electron chi connectivity index (χ0n) is 14.6. The van der Waals surface area contributed by atoms with Crippen molar-refractivity contribution in [1.29, 1.82) is 0 Å². The van der Waals surface area contributed by atoms with E-state index in [1.807, 2.05) is 5.32 Å². The van der Waals surface area contributed by atoms with E-state index in [1.54, 1.807) is 0 Å². The Morgan fingerprint density at radius 1 is 0.926 bits per heavy atom. The lowest BCUT2D eigenvalue weighted by molar-refractivity contribution is -0.147. The van der Waals surface area contributed by atoms with Gasteiger partial charge in [-0.1, -0.05) is 0 Å². The molecule has 0 heterocycles. The number of carbonyl (C=O) groups excluding carboxylic acids is 4. The molecule has 0 aliphatic heterocycles. The summed E-state index contributed by atoms with van der Waals surface area (Å²) in [5, 5.41) is 24.1. The van der Waals surface area contributed by atoms with E-state index in [4.69, 9.17) is 21.7 Å². The lowest BCUT2D eigenvalue weighted by atomic mass is 10.1. The molecule has 13 nitrogen and oxygen atoms in total. The van der Waals surface area contributed by atoms with Crippen molar-refractivity contribution in [3.05, 3.63) is 0 Å². The van der Waals surface area contributed by atoms with Crippen molar-refractivity contribution in [2.45, 2.75) is 44.3 Å². The van der Waals surface area contributed by atoms with Crippen LogP contribution in [0.3, 0.4) is 0 Å². The first-order chi connectivity index (χ1) is 12.5. The van der Waals surface area contributed by atoms with E-state index in [-0.39, 0.29) is 19.4 Å². The fourth-order valence-corrected chi connectivity index (χ4v) is 1.87. The Hall–Kier alpha value is -3.22. The summed E-state index contributed by atoms with van der Waals surface area (Å²) in [6, 6.07) is -4.19. The maximum absolute atomic E-state index is 12.2. The first-order valence-corrected chi connectivity index (χ1v) is 7.81. The molecule has 0 bridgehead atoms. The van der Waals surface area contributed by atoms with Crippen LogP contribution in [-0.2, 0) is 28.8 Å². The predicted molar refractivity (Wildman–Crippen MR) is 88.8 cm³/mol. The van der Waals surface area contributed by atoms with Crippen LogP contribution in [-0.4, -0.2) is 70.5 Å². The summed E-state index contributed by atoms with van der Waals surface area (Å²) in [7, 11) is 0. The average Bonchev–Trinajstić information content (AvgIpc) is 2.56. The van der Waals surface area contributed by atoms with Crippen LogP contribution in [0.25, 0.3) is 0 Å². The fraction of sp³-hybridized carbons (Fsp3) is 0.571. The third kappa shape index (κ3) is 9.74. The lowest BCUT2D eigenvalue weighted by Crippen LogP contribution is -2.55. The van der Waals surface area contributed by atoms with Crippen LogP contribution in [0.4, 0.5) is 0 Å². The molecule has 0 aromatic heterocycles. The van der Waals surface area contributed by atoms with Gasteiger partial charge in [0.05, 0.1) is 13.0 Å². The first-order valence-electron chi connectivity index (χ1n) is 7.81. The van der Waals surface area contributed by atoms with Gasteiger partial charge in [0.1, 0.15) is 18.1 Å². The van der Waals surface area contributed by atoms with E-state index in [0.717, 1.165) is 0 Å². The highest BCUT2D eigenvalue weighted by Gasteiger charge is 2.29. The lowest BCUT2D eigenvalue weighted by Gasteiger charge is -2.22. The number of hydrogen-bond acceptors (Lipinski definition) is 7. The Labute approximate surface area is 153 Å². The van der Waals surface area contributed by atoms with E-state index < -0.39 is 60.1 Å². The molecule has 13 heteroatoms. The van der Waals surface area contributed by atoms with Gasteiger partial charge in [0.25, 0.3) is 0 Å². The molecular weight excluding hydrogens is 366 g/mol. The summed E-state index contributed by atoms with van der Waals surface area (Å²) in [4.78, 5) is 68.2. The van der Waals surface area contributed by atoms with Crippen molar-refractivity contribution in [2.24, 2.45) is 11.5 Å². The molecule has 0 fully saturated rings. The molecule has 4 amide bonds.